The summed E-state index contributed by atoms with van der Waals surface area (Å²) in [5.74, 6) is -4.72. The van der Waals surface area contributed by atoms with Gasteiger partial charge in [-0.3, -0.25) is 4.79 Å². The second-order valence-corrected chi connectivity index (χ2v) is 4.59. The lowest BCUT2D eigenvalue weighted by Crippen LogP contribution is -2.45. The molecule has 0 aliphatic carbocycles. The number of hydrogen-bond acceptors (Lipinski definition) is 10. The Labute approximate surface area is 129 Å². The van der Waals surface area contributed by atoms with Crippen LogP contribution in [-0.2, 0) is 9.53 Å². The lowest BCUT2D eigenvalue weighted by Gasteiger charge is -2.20. The lowest BCUT2D eigenvalue weighted by atomic mass is 10.1. The van der Waals surface area contributed by atoms with Crippen molar-refractivity contribution in [1.82, 2.24) is 0 Å². The van der Waals surface area contributed by atoms with Gasteiger partial charge in [0.25, 0.3) is 0 Å². The Morgan fingerprint density at radius 2 is 1.57 bits per heavy atom. The predicted octanol–water partition coefficient (Wildman–Crippen LogP) is -2.40. The number of Topliss-reactive ketones (excluding diaryl/α,β-unsaturated/α-hetero) is 1. The average molecular weight is 332 g/mol. The van der Waals surface area contributed by atoms with Gasteiger partial charge in [0.2, 0.25) is 5.78 Å². The number of aromatic hydroxyl groups is 3. The number of ketones is 1. The second kappa shape index (κ2) is 7.74. The third-order valence-electron chi connectivity index (χ3n) is 2.89. The average Bonchev–Trinajstić information content (AvgIpc) is 2.54. The topological polar surface area (TPSA) is 185 Å². The van der Waals surface area contributed by atoms with E-state index >= 15 is 0 Å². The molecule has 3 atom stereocenters. The summed E-state index contributed by atoms with van der Waals surface area (Å²) in [6.07, 6.45) is -5.81. The van der Waals surface area contributed by atoms with Gasteiger partial charge < -0.3 is 40.5 Å². The number of ether oxygens (including phenoxy) is 1. The maximum Gasteiger partial charge on any atom is 0.338 e. The monoisotopic (exact) mass is 332 g/mol. The van der Waals surface area contributed by atoms with E-state index in [0.29, 0.717) is 0 Å². The number of hydrogen-bond donors (Lipinski definition) is 7. The normalized spacial score (nSPS) is 14.8. The molecule has 0 saturated carbocycles. The van der Waals surface area contributed by atoms with Crippen LogP contribution in [0.15, 0.2) is 12.1 Å². The zero-order chi connectivity index (χ0) is 17.7. The van der Waals surface area contributed by atoms with Crippen molar-refractivity contribution in [2.75, 3.05) is 13.2 Å². The van der Waals surface area contributed by atoms with Crippen molar-refractivity contribution in [3.63, 3.8) is 0 Å². The molecule has 7 N–H and O–H groups in total. The first-order valence-corrected chi connectivity index (χ1v) is 6.28. The molecular weight excluding hydrogens is 316 g/mol. The Bertz CT molecular complexity index is 561. The number of esters is 1. The molecule has 0 spiro atoms. The van der Waals surface area contributed by atoms with E-state index in [0.717, 1.165) is 12.1 Å². The summed E-state index contributed by atoms with van der Waals surface area (Å²) in [6.45, 7) is -1.87. The summed E-state index contributed by atoms with van der Waals surface area (Å²) in [4.78, 5) is 23.1. The summed E-state index contributed by atoms with van der Waals surface area (Å²) in [7, 11) is 0. The Morgan fingerprint density at radius 1 is 1.04 bits per heavy atom. The van der Waals surface area contributed by atoms with E-state index in [1.165, 1.54) is 0 Å². The van der Waals surface area contributed by atoms with Crippen LogP contribution in [0, 0.1) is 0 Å². The molecule has 0 radical (unpaired) electrons. The molecule has 0 amide bonds. The van der Waals surface area contributed by atoms with E-state index in [-0.39, 0.29) is 5.56 Å². The minimum Gasteiger partial charge on any atom is -0.504 e. The number of phenols is 3. The first-order valence-electron chi connectivity index (χ1n) is 6.28. The number of carbonyl (C=O) groups is 2. The van der Waals surface area contributed by atoms with Crippen molar-refractivity contribution in [1.29, 1.82) is 0 Å². The fraction of sp³-hybridized carbons (Fsp3) is 0.385. The predicted molar refractivity (Wildman–Crippen MR) is 71.8 cm³/mol. The molecule has 1 aromatic carbocycles. The standard InChI is InChI=1S/C13H16O10/c14-3-8(17)11(20)12(21)9(18)4-23-13(22)5-1-6(15)10(19)7(16)2-5/h1-2,8,11-12,14-17,19-21H,3-4H2/t8-,11+,12+/m0/s1. The van der Waals surface area contributed by atoms with Gasteiger partial charge in [0.15, 0.2) is 23.9 Å². The number of aliphatic hydroxyl groups is 4. The number of aliphatic hydroxyl groups excluding tert-OH is 4. The molecule has 10 heteroatoms. The van der Waals surface area contributed by atoms with Crippen molar-refractivity contribution in [2.24, 2.45) is 0 Å². The molecule has 10 nitrogen and oxygen atoms in total. The first kappa shape index (κ1) is 18.6. The second-order valence-electron chi connectivity index (χ2n) is 4.59. The third kappa shape index (κ3) is 4.53. The molecule has 1 aromatic rings. The van der Waals surface area contributed by atoms with Crippen molar-refractivity contribution in [3.8, 4) is 17.2 Å². The van der Waals surface area contributed by atoms with E-state index in [9.17, 15) is 30.0 Å². The minimum atomic E-state index is -2.09. The van der Waals surface area contributed by atoms with Crippen LogP contribution in [0.4, 0.5) is 0 Å². The number of rotatable bonds is 7. The van der Waals surface area contributed by atoms with E-state index in [1.807, 2.05) is 0 Å². The van der Waals surface area contributed by atoms with Crippen LogP contribution in [0.5, 0.6) is 17.2 Å². The fourth-order valence-corrected chi connectivity index (χ4v) is 1.54. The summed E-state index contributed by atoms with van der Waals surface area (Å²) in [6, 6.07) is 1.56. The summed E-state index contributed by atoms with van der Waals surface area (Å²) >= 11 is 0. The zero-order valence-electron chi connectivity index (χ0n) is 11.7. The van der Waals surface area contributed by atoms with Gasteiger partial charge in [-0.15, -0.1) is 0 Å². The lowest BCUT2D eigenvalue weighted by molar-refractivity contribution is -0.143. The molecule has 128 valence electrons. The van der Waals surface area contributed by atoms with Gasteiger partial charge in [-0.25, -0.2) is 4.79 Å². The van der Waals surface area contributed by atoms with Gasteiger partial charge in [0.1, 0.15) is 18.3 Å². The Hall–Kier alpha value is -2.40. The maximum absolute atomic E-state index is 11.6. The van der Waals surface area contributed by atoms with Crippen LogP contribution in [0.3, 0.4) is 0 Å². The molecule has 0 aliphatic heterocycles. The van der Waals surface area contributed by atoms with Crippen molar-refractivity contribution < 1.29 is 50.1 Å². The van der Waals surface area contributed by atoms with Crippen LogP contribution in [0.2, 0.25) is 0 Å². The number of phenolic OH excluding ortho intramolecular Hbond substituents is 3. The van der Waals surface area contributed by atoms with Crippen LogP contribution < -0.4 is 0 Å². The van der Waals surface area contributed by atoms with E-state index in [1.54, 1.807) is 0 Å². The fourth-order valence-electron chi connectivity index (χ4n) is 1.54. The highest BCUT2D eigenvalue weighted by atomic mass is 16.5. The molecule has 0 aromatic heterocycles. The SMILES string of the molecule is O=C(OCC(=O)[C@@H](O)[C@H](O)[C@@H](O)CO)c1cc(O)c(O)c(O)c1. The Balaban J connectivity index is 2.67. The van der Waals surface area contributed by atoms with Gasteiger partial charge in [-0.2, -0.15) is 0 Å². The zero-order valence-corrected chi connectivity index (χ0v) is 11.7. The molecule has 23 heavy (non-hydrogen) atoms. The van der Waals surface area contributed by atoms with Crippen molar-refractivity contribution >= 4 is 11.8 Å². The highest BCUT2D eigenvalue weighted by Crippen LogP contribution is 2.35. The Morgan fingerprint density at radius 3 is 2.04 bits per heavy atom. The molecule has 0 bridgehead atoms. The van der Waals surface area contributed by atoms with Gasteiger partial charge >= 0.3 is 5.97 Å². The van der Waals surface area contributed by atoms with Crippen LogP contribution >= 0.6 is 0 Å². The van der Waals surface area contributed by atoms with Crippen LogP contribution in [0.1, 0.15) is 10.4 Å². The molecule has 0 saturated heterocycles. The largest absolute Gasteiger partial charge is 0.504 e. The minimum absolute atomic E-state index is 0.379. The van der Waals surface area contributed by atoms with Gasteiger partial charge in [-0.1, -0.05) is 0 Å². The van der Waals surface area contributed by atoms with Crippen molar-refractivity contribution in [2.45, 2.75) is 18.3 Å². The summed E-state index contributed by atoms with van der Waals surface area (Å²) in [5.41, 5.74) is -0.379. The molecule has 0 heterocycles. The maximum atomic E-state index is 11.6. The Kier molecular flexibility index (Phi) is 6.28. The highest BCUT2D eigenvalue weighted by molar-refractivity contribution is 5.93. The molecule has 1 rings (SSSR count). The molecule has 0 unspecified atom stereocenters. The van der Waals surface area contributed by atoms with E-state index in [4.69, 9.17) is 15.3 Å². The van der Waals surface area contributed by atoms with Crippen LogP contribution in [0.25, 0.3) is 0 Å². The van der Waals surface area contributed by atoms with Crippen LogP contribution in [-0.4, -0.2) is 79.0 Å². The van der Waals surface area contributed by atoms with Crippen molar-refractivity contribution in [3.05, 3.63) is 17.7 Å². The molecule has 0 fully saturated rings. The molecular formula is C13H16O10. The van der Waals surface area contributed by atoms with Gasteiger partial charge in [-0.05, 0) is 12.1 Å². The van der Waals surface area contributed by atoms with E-state index in [2.05, 4.69) is 4.74 Å². The first-order chi connectivity index (χ1) is 10.7. The summed E-state index contributed by atoms with van der Waals surface area (Å²) < 4.78 is 4.52. The van der Waals surface area contributed by atoms with E-state index < -0.39 is 60.5 Å². The summed E-state index contributed by atoms with van der Waals surface area (Å²) in [5, 5.41) is 64.1. The van der Waals surface area contributed by atoms with Gasteiger partial charge in [0.05, 0.1) is 12.2 Å². The molecule has 0 aliphatic rings. The number of benzene rings is 1. The third-order valence-corrected chi connectivity index (χ3v) is 2.89. The van der Waals surface area contributed by atoms with Gasteiger partial charge in [0, 0.05) is 0 Å². The highest BCUT2D eigenvalue weighted by Gasteiger charge is 2.30. The smallest absolute Gasteiger partial charge is 0.338 e. The number of carbonyl (C=O) groups excluding carboxylic acids is 2. The quantitative estimate of drug-likeness (QED) is 0.210.